The van der Waals surface area contributed by atoms with Gasteiger partial charge in [0.1, 0.15) is 5.82 Å². The quantitative estimate of drug-likeness (QED) is 0.626. The Balaban J connectivity index is 1.60. The first-order valence-electron chi connectivity index (χ1n) is 9.05. The maximum absolute atomic E-state index is 9.94. The van der Waals surface area contributed by atoms with Crippen LogP contribution < -0.4 is 20.1 Å². The molecular weight excluding hydrogens is 362 g/mol. The third-order valence-electron chi connectivity index (χ3n) is 5.21. The van der Waals surface area contributed by atoms with E-state index in [1.54, 1.807) is 30.9 Å². The van der Waals surface area contributed by atoms with Crippen LogP contribution in [0.1, 0.15) is 18.9 Å². The van der Waals surface area contributed by atoms with Gasteiger partial charge in [0.15, 0.2) is 23.3 Å². The van der Waals surface area contributed by atoms with Gasteiger partial charge in [-0.1, -0.05) is 0 Å². The van der Waals surface area contributed by atoms with Gasteiger partial charge in [-0.2, -0.15) is 4.98 Å². The average molecular weight is 385 g/mol. The highest BCUT2D eigenvalue weighted by molar-refractivity contribution is 5.91. The summed E-state index contributed by atoms with van der Waals surface area (Å²) in [6, 6.07) is 6.58. The van der Waals surface area contributed by atoms with E-state index in [0.717, 1.165) is 12.8 Å². The molecule has 9 nitrogen and oxygen atoms in total. The molecule has 0 amide bonds. The second-order valence-electron chi connectivity index (χ2n) is 6.77. The van der Waals surface area contributed by atoms with Crippen molar-refractivity contribution in [2.24, 2.45) is 0 Å². The number of aromatic hydroxyl groups is 2. The van der Waals surface area contributed by atoms with Crippen molar-refractivity contribution < 1.29 is 19.7 Å². The number of benzene rings is 1. The van der Waals surface area contributed by atoms with Gasteiger partial charge in [0.25, 0.3) is 0 Å². The summed E-state index contributed by atoms with van der Waals surface area (Å²) < 4.78 is 12.2. The Labute approximate surface area is 161 Å². The normalized spacial score (nSPS) is 15.1. The van der Waals surface area contributed by atoms with Gasteiger partial charge in [-0.3, -0.25) is 4.57 Å². The molecule has 1 aliphatic rings. The molecule has 1 fully saturated rings. The van der Waals surface area contributed by atoms with E-state index >= 15 is 0 Å². The number of ether oxygens (including phenoxy) is 2. The summed E-state index contributed by atoms with van der Waals surface area (Å²) in [7, 11) is 3.14. The smallest absolute Gasteiger partial charge is 0.227 e. The minimum atomic E-state index is 0.0217. The van der Waals surface area contributed by atoms with Crippen molar-refractivity contribution >= 4 is 22.7 Å². The van der Waals surface area contributed by atoms with Gasteiger partial charge in [0.2, 0.25) is 5.95 Å². The molecule has 0 spiro atoms. The van der Waals surface area contributed by atoms with Gasteiger partial charge in [0.05, 0.1) is 19.7 Å². The van der Waals surface area contributed by atoms with Crippen LogP contribution in [0.25, 0.3) is 10.9 Å². The van der Waals surface area contributed by atoms with Crippen LogP contribution in [0.3, 0.4) is 0 Å². The topological polar surface area (TPSA) is 119 Å². The Kier molecular flexibility index (Phi) is 4.50. The summed E-state index contributed by atoms with van der Waals surface area (Å²) in [6.45, 7) is 1.36. The predicted molar refractivity (Wildman–Crippen MR) is 105 cm³/mol. The van der Waals surface area contributed by atoms with Crippen LogP contribution in [0, 0.1) is 0 Å². The fourth-order valence-corrected chi connectivity index (χ4v) is 3.73. The average Bonchev–Trinajstić information content (AvgIpc) is 3.05. The number of methoxy groups -OCH3 is 2. The second-order valence-corrected chi connectivity index (χ2v) is 6.77. The minimum absolute atomic E-state index is 0.0217. The molecule has 3 heterocycles. The Bertz CT molecular complexity index is 992. The summed E-state index contributed by atoms with van der Waals surface area (Å²) in [5, 5.41) is 20.6. The van der Waals surface area contributed by atoms with Crippen molar-refractivity contribution in [3.63, 3.8) is 0 Å². The zero-order chi connectivity index (χ0) is 19.8. The van der Waals surface area contributed by atoms with Crippen LogP contribution >= 0.6 is 0 Å². The molecule has 0 saturated carbocycles. The SMILES string of the molecule is COc1cc2nc(N3CCC(n4c(O)ccc4O)CC3)nc(N)c2cc1OC. The van der Waals surface area contributed by atoms with E-state index < -0.39 is 0 Å². The fourth-order valence-electron chi connectivity index (χ4n) is 3.73. The number of nitrogens with two attached hydrogens (primary N) is 1. The van der Waals surface area contributed by atoms with Gasteiger partial charge in [-0.15, -0.1) is 0 Å². The van der Waals surface area contributed by atoms with Gasteiger partial charge in [-0.25, -0.2) is 4.98 Å². The molecule has 2 aromatic heterocycles. The molecule has 148 valence electrons. The molecule has 0 unspecified atom stereocenters. The minimum Gasteiger partial charge on any atom is -0.494 e. The second kappa shape index (κ2) is 6.99. The summed E-state index contributed by atoms with van der Waals surface area (Å²) in [4.78, 5) is 11.2. The lowest BCUT2D eigenvalue weighted by Gasteiger charge is -2.33. The van der Waals surface area contributed by atoms with Gasteiger partial charge < -0.3 is 30.3 Å². The number of piperidine rings is 1. The molecule has 1 saturated heterocycles. The summed E-state index contributed by atoms with van der Waals surface area (Å²) in [6.07, 6.45) is 1.48. The lowest BCUT2D eigenvalue weighted by molar-refractivity contribution is 0.300. The zero-order valence-corrected chi connectivity index (χ0v) is 15.8. The number of nitrogen functional groups attached to an aromatic ring is 1. The summed E-state index contributed by atoms with van der Waals surface area (Å²) in [5.41, 5.74) is 6.86. The van der Waals surface area contributed by atoms with Gasteiger partial charge in [0, 0.05) is 42.7 Å². The highest BCUT2D eigenvalue weighted by atomic mass is 16.5. The molecule has 0 radical (unpaired) electrons. The van der Waals surface area contributed by atoms with Crippen molar-refractivity contribution in [3.8, 4) is 23.3 Å². The number of hydrogen-bond donors (Lipinski definition) is 3. The van der Waals surface area contributed by atoms with Crippen LogP contribution in [-0.2, 0) is 0 Å². The molecule has 0 atom stereocenters. The van der Waals surface area contributed by atoms with Crippen molar-refractivity contribution in [1.82, 2.24) is 14.5 Å². The Morgan fingerprint density at radius 2 is 1.61 bits per heavy atom. The number of anilines is 2. The van der Waals surface area contributed by atoms with E-state index in [0.29, 0.717) is 47.3 Å². The first kappa shape index (κ1) is 18.0. The van der Waals surface area contributed by atoms with Crippen molar-refractivity contribution in [2.45, 2.75) is 18.9 Å². The third kappa shape index (κ3) is 2.98. The lowest BCUT2D eigenvalue weighted by atomic mass is 10.1. The predicted octanol–water partition coefficient (Wildman–Crippen LogP) is 2.28. The molecule has 28 heavy (non-hydrogen) atoms. The third-order valence-corrected chi connectivity index (χ3v) is 5.21. The standard InChI is InChI=1S/C19H23N5O4/c1-27-14-9-12-13(10-15(14)28-2)21-19(22-18(12)20)23-7-5-11(6-8-23)24-16(25)3-4-17(24)26/h3-4,9-11,25-26H,5-8H2,1-2H3,(H2,20,21,22). The molecule has 4 N–H and O–H groups in total. The van der Waals surface area contributed by atoms with Crippen molar-refractivity contribution in [2.75, 3.05) is 37.9 Å². The molecule has 3 aromatic rings. The van der Waals surface area contributed by atoms with E-state index in [1.165, 1.54) is 12.1 Å². The number of fused-ring (bicyclic) bond motifs is 1. The van der Waals surface area contributed by atoms with Gasteiger partial charge >= 0.3 is 0 Å². The number of nitrogens with zero attached hydrogens (tertiary/aromatic N) is 4. The first-order chi connectivity index (χ1) is 13.5. The highest BCUT2D eigenvalue weighted by Crippen LogP contribution is 2.36. The van der Waals surface area contributed by atoms with Crippen molar-refractivity contribution in [3.05, 3.63) is 24.3 Å². The lowest BCUT2D eigenvalue weighted by Crippen LogP contribution is -2.35. The molecule has 1 aromatic carbocycles. The molecular formula is C19H23N5O4. The van der Waals surface area contributed by atoms with E-state index in [2.05, 4.69) is 14.9 Å². The molecule has 1 aliphatic heterocycles. The zero-order valence-electron chi connectivity index (χ0n) is 15.8. The van der Waals surface area contributed by atoms with E-state index in [4.69, 9.17) is 15.2 Å². The number of rotatable bonds is 4. The Hall–Kier alpha value is -3.36. The molecule has 4 rings (SSSR count). The Morgan fingerprint density at radius 1 is 1.00 bits per heavy atom. The first-order valence-corrected chi connectivity index (χ1v) is 9.05. The van der Waals surface area contributed by atoms with E-state index in [-0.39, 0.29) is 17.8 Å². The maximum atomic E-state index is 9.94. The monoisotopic (exact) mass is 385 g/mol. The Morgan fingerprint density at radius 3 is 2.21 bits per heavy atom. The maximum Gasteiger partial charge on any atom is 0.227 e. The van der Waals surface area contributed by atoms with E-state index in [9.17, 15) is 10.2 Å². The van der Waals surface area contributed by atoms with Crippen LogP contribution in [0.2, 0.25) is 0 Å². The van der Waals surface area contributed by atoms with Crippen LogP contribution in [-0.4, -0.2) is 52.1 Å². The molecule has 9 heteroatoms. The molecule has 0 bridgehead atoms. The largest absolute Gasteiger partial charge is 0.494 e. The number of hydrogen-bond acceptors (Lipinski definition) is 8. The highest BCUT2D eigenvalue weighted by Gasteiger charge is 2.26. The van der Waals surface area contributed by atoms with Crippen LogP contribution in [0.15, 0.2) is 24.3 Å². The summed E-state index contributed by atoms with van der Waals surface area (Å²) in [5.74, 6) is 2.23. The summed E-state index contributed by atoms with van der Waals surface area (Å²) >= 11 is 0. The number of aromatic nitrogens is 3. The van der Waals surface area contributed by atoms with Crippen LogP contribution in [0.5, 0.6) is 23.3 Å². The van der Waals surface area contributed by atoms with Gasteiger partial charge in [-0.05, 0) is 18.9 Å². The van der Waals surface area contributed by atoms with Crippen LogP contribution in [0.4, 0.5) is 11.8 Å². The molecule has 0 aliphatic carbocycles. The van der Waals surface area contributed by atoms with E-state index in [1.807, 2.05) is 0 Å². The van der Waals surface area contributed by atoms with Crippen molar-refractivity contribution in [1.29, 1.82) is 0 Å². The fraction of sp³-hybridized carbons (Fsp3) is 0.368.